The molecule has 0 fully saturated rings. The molecule has 302 valence electrons. The molecule has 0 unspecified atom stereocenters. The Hall–Kier alpha value is -6.66. The van der Waals surface area contributed by atoms with E-state index in [1.807, 2.05) is 49.0 Å². The number of benzene rings is 2. The van der Waals surface area contributed by atoms with Crippen molar-refractivity contribution in [2.75, 3.05) is 37.9 Å². The van der Waals surface area contributed by atoms with Gasteiger partial charge < -0.3 is 35.8 Å². The van der Waals surface area contributed by atoms with Crippen molar-refractivity contribution >= 4 is 58.4 Å². The highest BCUT2D eigenvalue weighted by atomic mass is 16.5. The number of ether oxygens (including phenoxy) is 1. The van der Waals surface area contributed by atoms with Crippen LogP contribution in [0, 0.1) is 13.8 Å². The predicted molar refractivity (Wildman–Crippen MR) is 218 cm³/mol. The maximum Gasteiger partial charge on any atom is 0.276 e. The third-order valence-corrected chi connectivity index (χ3v) is 8.54. The van der Waals surface area contributed by atoms with E-state index in [2.05, 4.69) is 36.5 Å². The Labute approximate surface area is 329 Å². The number of rotatable bonds is 16. The monoisotopic (exact) mass is 782 g/mol. The summed E-state index contributed by atoms with van der Waals surface area (Å²) in [6.07, 6.45) is 5.88. The maximum atomic E-state index is 13.3. The summed E-state index contributed by atoms with van der Waals surface area (Å²) in [5.41, 5.74) is 15.9. The zero-order chi connectivity index (χ0) is 41.6. The number of amides is 2. The molecule has 4 heterocycles. The summed E-state index contributed by atoms with van der Waals surface area (Å²) in [5.74, 6) is 0.426. The van der Waals surface area contributed by atoms with E-state index >= 15 is 0 Å². The normalized spacial score (nSPS) is 10.9. The van der Waals surface area contributed by atoms with Crippen molar-refractivity contribution in [3.8, 4) is 5.75 Å². The number of hydrogen-bond acceptors (Lipinski definition) is 12. The predicted octanol–water partition coefficient (Wildman–Crippen LogP) is 3.73. The van der Waals surface area contributed by atoms with Gasteiger partial charge in [0.2, 0.25) is 17.8 Å². The van der Waals surface area contributed by atoms with Crippen molar-refractivity contribution in [1.82, 2.24) is 38.7 Å². The van der Waals surface area contributed by atoms with Crippen molar-refractivity contribution in [1.29, 1.82) is 0 Å². The molecule has 0 saturated heterocycles. The Balaban J connectivity index is 0.000000518. The van der Waals surface area contributed by atoms with E-state index in [0.29, 0.717) is 88.3 Å². The Morgan fingerprint density at radius 2 is 1.53 bits per heavy atom. The summed E-state index contributed by atoms with van der Waals surface area (Å²) in [5, 5.41) is 23.7. The number of aromatic nitrogens is 8. The number of anilines is 2. The van der Waals surface area contributed by atoms with E-state index in [1.165, 1.54) is 7.05 Å². The first-order chi connectivity index (χ1) is 27.5. The largest absolute Gasteiger partial charge is 0.491 e. The van der Waals surface area contributed by atoms with Crippen molar-refractivity contribution < 1.29 is 29.0 Å². The number of nitrogens with zero attached hydrogens (tertiary/aromatic N) is 8. The molecule has 18 heteroatoms. The Kier molecular flexibility index (Phi) is 15.3. The SMILES string of the molecule is CCn1nc(C)cc1C(=O)Nc1nc2cc(C(N)=O)ccc2n1C/C=C/Cn1c(NC)nc2cc(C=O)cc(OCCCO)c21.CCn1nc(C)cc1C=O.CN. The molecule has 57 heavy (non-hydrogen) atoms. The van der Waals surface area contributed by atoms with Gasteiger partial charge in [-0.25, -0.2) is 9.97 Å². The average Bonchev–Trinajstić information content (AvgIpc) is 3.98. The number of nitrogens with two attached hydrogens (primary N) is 2. The minimum absolute atomic E-state index is 0.0165. The molecule has 0 atom stereocenters. The lowest BCUT2D eigenvalue weighted by Gasteiger charge is -2.12. The van der Waals surface area contributed by atoms with Crippen molar-refractivity contribution in [2.24, 2.45) is 11.5 Å². The molecular formula is C39H50N12O6. The minimum Gasteiger partial charge on any atom is -0.491 e. The van der Waals surface area contributed by atoms with Crippen LogP contribution in [0.15, 0.2) is 54.6 Å². The number of hydrogen-bond donors (Lipinski definition) is 5. The Morgan fingerprint density at radius 3 is 2.14 bits per heavy atom. The molecule has 0 aliphatic heterocycles. The highest BCUT2D eigenvalue weighted by molar-refractivity contribution is 6.03. The van der Waals surface area contributed by atoms with E-state index in [4.69, 9.17) is 10.5 Å². The fourth-order valence-electron chi connectivity index (χ4n) is 6.02. The quantitative estimate of drug-likeness (QED) is 0.0536. The van der Waals surface area contributed by atoms with E-state index in [0.717, 1.165) is 30.5 Å². The number of allylic oxidation sites excluding steroid dienone is 2. The third-order valence-electron chi connectivity index (χ3n) is 8.54. The van der Waals surface area contributed by atoms with Crippen LogP contribution in [0.25, 0.3) is 22.1 Å². The number of primary amides is 1. The summed E-state index contributed by atoms with van der Waals surface area (Å²) >= 11 is 0. The van der Waals surface area contributed by atoms with Gasteiger partial charge >= 0.3 is 0 Å². The van der Waals surface area contributed by atoms with Gasteiger partial charge in [-0.2, -0.15) is 10.2 Å². The van der Waals surface area contributed by atoms with E-state index in [9.17, 15) is 24.3 Å². The number of nitrogens with one attached hydrogen (secondary N) is 2. The lowest BCUT2D eigenvalue weighted by Crippen LogP contribution is -2.19. The molecular weight excluding hydrogens is 733 g/mol. The summed E-state index contributed by atoms with van der Waals surface area (Å²) in [6, 6.07) is 11.8. The zero-order valence-electron chi connectivity index (χ0n) is 33.0. The van der Waals surface area contributed by atoms with Crippen LogP contribution in [0.4, 0.5) is 11.9 Å². The number of aliphatic hydroxyl groups excluding tert-OH is 1. The Morgan fingerprint density at radius 1 is 0.860 bits per heavy atom. The standard InChI is InChI=1S/C31H35N9O5.C7H10N2O.CH5N/c1-4-40-25(14-19(2)37-40)29(44)36-31-34-22-17-21(28(32)43)8-9-24(22)38(31)10-5-6-11-39-27-23(35-30(39)33-3)15-20(18-42)16-26(27)45-13-7-12-41;1-3-9-7(5-10)4-6(2)8-9;1-2/h5-6,8-9,14-18,41H,4,7,10-13H2,1-3H3,(H2,32,43)(H,33,35)(H,34,36,44);4-5H,3H2,1-2H3;2H2,1H3/b6-5+;;. The molecule has 4 aromatic heterocycles. The smallest absolute Gasteiger partial charge is 0.276 e. The molecule has 2 aromatic carbocycles. The molecule has 7 N–H and O–H groups in total. The number of imidazole rings is 2. The minimum atomic E-state index is -0.577. The van der Waals surface area contributed by atoms with Gasteiger partial charge in [-0.3, -0.25) is 33.9 Å². The van der Waals surface area contributed by atoms with Gasteiger partial charge in [-0.05, 0) is 77.2 Å². The maximum absolute atomic E-state index is 13.3. The first kappa shape index (κ1) is 43.1. The van der Waals surface area contributed by atoms with Crippen LogP contribution in [0.2, 0.25) is 0 Å². The second-order valence-electron chi connectivity index (χ2n) is 12.4. The van der Waals surface area contributed by atoms with Crippen molar-refractivity contribution in [3.63, 3.8) is 0 Å². The number of carbonyl (C=O) groups is 4. The van der Waals surface area contributed by atoms with E-state index in [-0.39, 0.29) is 19.1 Å². The van der Waals surface area contributed by atoms with Crippen LogP contribution in [-0.4, -0.2) is 95.5 Å². The first-order valence-corrected chi connectivity index (χ1v) is 18.3. The van der Waals surface area contributed by atoms with Crippen LogP contribution in [0.5, 0.6) is 5.75 Å². The van der Waals surface area contributed by atoms with Gasteiger partial charge in [0.25, 0.3) is 5.91 Å². The highest BCUT2D eigenvalue weighted by Crippen LogP contribution is 2.31. The summed E-state index contributed by atoms with van der Waals surface area (Å²) < 4.78 is 13.0. The fraction of sp³-hybridized carbons (Fsp3) is 0.333. The molecule has 0 bridgehead atoms. The summed E-state index contributed by atoms with van der Waals surface area (Å²) in [7, 11) is 3.26. The Bertz CT molecular complexity index is 2370. The summed E-state index contributed by atoms with van der Waals surface area (Å²) in [6.45, 7) is 9.84. The molecule has 0 saturated carbocycles. The van der Waals surface area contributed by atoms with Gasteiger partial charge in [0.05, 0.1) is 34.5 Å². The highest BCUT2D eigenvalue weighted by Gasteiger charge is 2.19. The number of fused-ring (bicyclic) bond motifs is 2. The molecule has 6 aromatic rings. The molecule has 2 amide bonds. The number of carbonyl (C=O) groups excluding carboxylic acids is 4. The molecule has 18 nitrogen and oxygen atoms in total. The van der Waals surface area contributed by atoms with Crippen LogP contribution in [-0.2, 0) is 26.2 Å². The molecule has 6 rings (SSSR count). The molecule has 0 aliphatic rings. The van der Waals surface area contributed by atoms with Crippen LogP contribution >= 0.6 is 0 Å². The van der Waals surface area contributed by atoms with E-state index in [1.54, 1.807) is 58.9 Å². The number of aldehydes is 2. The first-order valence-electron chi connectivity index (χ1n) is 18.3. The lowest BCUT2D eigenvalue weighted by molar-refractivity contribution is 0.0995. The average molecular weight is 783 g/mol. The van der Waals surface area contributed by atoms with Crippen molar-refractivity contribution in [3.05, 3.63) is 88.5 Å². The van der Waals surface area contributed by atoms with Crippen molar-refractivity contribution in [2.45, 2.75) is 60.3 Å². The van der Waals surface area contributed by atoms with Gasteiger partial charge in [-0.15, -0.1) is 0 Å². The summed E-state index contributed by atoms with van der Waals surface area (Å²) in [4.78, 5) is 56.2. The fourth-order valence-corrected chi connectivity index (χ4v) is 6.02. The molecule has 0 spiro atoms. The third kappa shape index (κ3) is 10.2. The van der Waals surface area contributed by atoms with E-state index < -0.39 is 5.91 Å². The second kappa shape index (κ2) is 20.3. The number of aliphatic hydroxyl groups is 1. The van der Waals surface area contributed by atoms with Gasteiger partial charge in [0, 0.05) is 57.4 Å². The topological polar surface area (TPSA) is 245 Å². The van der Waals surface area contributed by atoms with Gasteiger partial charge in [0.15, 0.2) is 6.29 Å². The zero-order valence-corrected chi connectivity index (χ0v) is 33.0. The second-order valence-corrected chi connectivity index (χ2v) is 12.4. The van der Waals surface area contributed by atoms with Gasteiger partial charge in [0.1, 0.15) is 28.9 Å². The lowest BCUT2D eigenvalue weighted by atomic mass is 10.2. The van der Waals surface area contributed by atoms with Crippen LogP contribution < -0.4 is 26.8 Å². The van der Waals surface area contributed by atoms with Crippen LogP contribution in [0.3, 0.4) is 0 Å². The van der Waals surface area contributed by atoms with Gasteiger partial charge in [-0.1, -0.05) is 12.2 Å². The molecule has 0 aliphatic carbocycles. The van der Waals surface area contributed by atoms with Crippen LogP contribution in [0.1, 0.15) is 73.3 Å². The molecule has 0 radical (unpaired) electrons. The number of aryl methyl sites for hydroxylation is 4.